The third-order valence-electron chi connectivity index (χ3n) is 3.09. The second-order valence-corrected chi connectivity index (χ2v) is 5.83. The van der Waals surface area contributed by atoms with Gasteiger partial charge in [0.1, 0.15) is 0 Å². The van der Waals surface area contributed by atoms with Gasteiger partial charge in [0.25, 0.3) is 10.1 Å². The van der Waals surface area contributed by atoms with Crippen molar-refractivity contribution in [2.24, 2.45) is 5.92 Å². The number of Topliss-reactive ketones (excluding diaryl/α,β-unsaturated/α-hetero) is 1. The Balaban J connectivity index is 3.44. The lowest BCUT2D eigenvalue weighted by molar-refractivity contribution is 0.0696. The normalized spacial score (nSPS) is 11.6. The maximum atomic E-state index is 12.2. The van der Waals surface area contributed by atoms with Gasteiger partial charge in [-0.3, -0.25) is 9.35 Å². The molecule has 6 nitrogen and oxygen atoms in total. The van der Waals surface area contributed by atoms with Gasteiger partial charge in [-0.1, -0.05) is 13.8 Å². The predicted octanol–water partition coefficient (Wildman–Crippen LogP) is 2.25. The van der Waals surface area contributed by atoms with E-state index in [1.54, 1.807) is 0 Å². The second kappa shape index (κ2) is 6.15. The molecule has 0 heterocycles. The van der Waals surface area contributed by atoms with E-state index >= 15 is 0 Å². The SMILES string of the molecule is CCC(CC)C(=O)c1cc(C(=O)O)cc(S(=O)(=O)O)c1. The van der Waals surface area contributed by atoms with Crippen molar-refractivity contribution >= 4 is 21.9 Å². The van der Waals surface area contributed by atoms with Crippen LogP contribution in [0.3, 0.4) is 0 Å². The van der Waals surface area contributed by atoms with E-state index in [4.69, 9.17) is 9.66 Å². The zero-order valence-corrected chi connectivity index (χ0v) is 12.0. The van der Waals surface area contributed by atoms with E-state index in [2.05, 4.69) is 0 Å². The fourth-order valence-corrected chi connectivity index (χ4v) is 2.46. The first-order valence-corrected chi connectivity index (χ1v) is 7.54. The number of carboxylic acid groups (broad SMARTS) is 1. The number of carbonyl (C=O) groups excluding carboxylic acids is 1. The molecule has 0 amide bonds. The highest BCUT2D eigenvalue weighted by Gasteiger charge is 2.21. The summed E-state index contributed by atoms with van der Waals surface area (Å²) in [4.78, 5) is 22.6. The molecule has 0 bridgehead atoms. The number of benzene rings is 1. The van der Waals surface area contributed by atoms with Crippen LogP contribution < -0.4 is 0 Å². The highest BCUT2D eigenvalue weighted by Crippen LogP contribution is 2.21. The van der Waals surface area contributed by atoms with Gasteiger partial charge in [0, 0.05) is 11.5 Å². The maximum Gasteiger partial charge on any atom is 0.335 e. The number of aromatic carboxylic acids is 1. The van der Waals surface area contributed by atoms with Crippen molar-refractivity contribution in [2.45, 2.75) is 31.6 Å². The highest BCUT2D eigenvalue weighted by molar-refractivity contribution is 7.85. The largest absolute Gasteiger partial charge is 0.478 e. The van der Waals surface area contributed by atoms with E-state index in [1.165, 1.54) is 0 Å². The average Bonchev–Trinajstić information content (AvgIpc) is 2.38. The van der Waals surface area contributed by atoms with Crippen LogP contribution in [0.15, 0.2) is 23.1 Å². The van der Waals surface area contributed by atoms with Gasteiger partial charge in [0.15, 0.2) is 5.78 Å². The van der Waals surface area contributed by atoms with Crippen molar-refractivity contribution in [3.63, 3.8) is 0 Å². The molecule has 0 radical (unpaired) electrons. The quantitative estimate of drug-likeness (QED) is 0.616. The van der Waals surface area contributed by atoms with Crippen LogP contribution in [0, 0.1) is 5.92 Å². The van der Waals surface area contributed by atoms with Gasteiger partial charge >= 0.3 is 5.97 Å². The number of hydrogen-bond acceptors (Lipinski definition) is 4. The van der Waals surface area contributed by atoms with Crippen LogP contribution in [0.1, 0.15) is 47.4 Å². The van der Waals surface area contributed by atoms with Crippen molar-refractivity contribution in [3.05, 3.63) is 29.3 Å². The number of carbonyl (C=O) groups is 2. The summed E-state index contributed by atoms with van der Waals surface area (Å²) in [5.74, 6) is -2.01. The summed E-state index contributed by atoms with van der Waals surface area (Å²) < 4.78 is 31.3. The third-order valence-corrected chi connectivity index (χ3v) is 3.92. The van der Waals surface area contributed by atoms with Gasteiger partial charge in [-0.25, -0.2) is 4.79 Å². The molecule has 0 atom stereocenters. The van der Waals surface area contributed by atoms with Crippen molar-refractivity contribution in [2.75, 3.05) is 0 Å². The van der Waals surface area contributed by atoms with Crippen LogP contribution >= 0.6 is 0 Å². The minimum atomic E-state index is -4.57. The van der Waals surface area contributed by atoms with E-state index in [0.717, 1.165) is 18.2 Å². The molecule has 0 unspecified atom stereocenters. The summed E-state index contributed by atoms with van der Waals surface area (Å²) in [5.41, 5.74) is -0.374. The van der Waals surface area contributed by atoms with Crippen molar-refractivity contribution < 1.29 is 27.7 Å². The van der Waals surface area contributed by atoms with Gasteiger partial charge in [-0.2, -0.15) is 8.42 Å². The molecule has 1 aromatic carbocycles. The van der Waals surface area contributed by atoms with Crippen LogP contribution in [-0.2, 0) is 10.1 Å². The Hall–Kier alpha value is -1.73. The summed E-state index contributed by atoms with van der Waals surface area (Å²) in [6.45, 7) is 3.63. The standard InChI is InChI=1S/C13H16O6S/c1-3-8(4-2)12(14)9-5-10(13(15)16)7-11(6-9)20(17,18)19/h5-8H,3-4H2,1-2H3,(H,15,16)(H,17,18,19). The van der Waals surface area contributed by atoms with Crippen LogP contribution in [-0.4, -0.2) is 29.8 Å². The number of rotatable bonds is 6. The molecular formula is C13H16O6S. The molecular weight excluding hydrogens is 284 g/mol. The topological polar surface area (TPSA) is 109 Å². The highest BCUT2D eigenvalue weighted by atomic mass is 32.2. The molecule has 0 saturated carbocycles. The minimum Gasteiger partial charge on any atom is -0.478 e. The Bertz CT molecular complexity index is 628. The van der Waals surface area contributed by atoms with Gasteiger partial charge in [-0.15, -0.1) is 0 Å². The molecule has 0 aliphatic carbocycles. The average molecular weight is 300 g/mol. The van der Waals surface area contributed by atoms with E-state index in [0.29, 0.717) is 12.8 Å². The fraction of sp³-hybridized carbons (Fsp3) is 0.385. The maximum absolute atomic E-state index is 12.2. The van der Waals surface area contributed by atoms with Crippen molar-refractivity contribution in [1.29, 1.82) is 0 Å². The molecule has 1 rings (SSSR count). The summed E-state index contributed by atoms with van der Waals surface area (Å²) in [7, 11) is -4.57. The summed E-state index contributed by atoms with van der Waals surface area (Å²) >= 11 is 0. The lowest BCUT2D eigenvalue weighted by Gasteiger charge is -2.12. The Morgan fingerprint density at radius 1 is 1.10 bits per heavy atom. The molecule has 20 heavy (non-hydrogen) atoms. The molecule has 0 aliphatic rings. The summed E-state index contributed by atoms with van der Waals surface area (Å²) in [6, 6.07) is 2.95. The Labute approximate surface area is 117 Å². The van der Waals surface area contributed by atoms with E-state index in [1.807, 2.05) is 13.8 Å². The van der Waals surface area contributed by atoms with Gasteiger partial charge < -0.3 is 5.11 Å². The van der Waals surface area contributed by atoms with Gasteiger partial charge in [0.2, 0.25) is 0 Å². The monoisotopic (exact) mass is 300 g/mol. The summed E-state index contributed by atoms with van der Waals surface area (Å²) in [5, 5.41) is 8.95. The minimum absolute atomic E-state index is 0.0220. The van der Waals surface area contributed by atoms with Gasteiger partial charge in [-0.05, 0) is 31.0 Å². The van der Waals surface area contributed by atoms with Crippen molar-refractivity contribution in [3.8, 4) is 0 Å². The second-order valence-electron chi connectivity index (χ2n) is 4.40. The fourth-order valence-electron chi connectivity index (χ4n) is 1.91. The zero-order valence-electron chi connectivity index (χ0n) is 11.2. The predicted molar refractivity (Wildman–Crippen MR) is 71.6 cm³/mol. The molecule has 0 aliphatic heterocycles. The molecule has 0 spiro atoms. The first-order chi connectivity index (χ1) is 9.20. The molecule has 0 aromatic heterocycles. The Morgan fingerprint density at radius 3 is 2.00 bits per heavy atom. The number of hydrogen-bond donors (Lipinski definition) is 2. The van der Waals surface area contributed by atoms with E-state index in [9.17, 15) is 18.0 Å². The Kier molecular flexibility index (Phi) is 5.02. The van der Waals surface area contributed by atoms with Crippen LogP contribution in [0.25, 0.3) is 0 Å². The number of ketones is 1. The third kappa shape index (κ3) is 3.64. The molecule has 2 N–H and O–H groups in total. The lowest BCUT2D eigenvalue weighted by atomic mass is 9.92. The smallest absolute Gasteiger partial charge is 0.335 e. The molecule has 7 heteroatoms. The van der Waals surface area contributed by atoms with Crippen LogP contribution in [0.5, 0.6) is 0 Å². The van der Waals surface area contributed by atoms with Crippen LogP contribution in [0.2, 0.25) is 0 Å². The van der Waals surface area contributed by atoms with Crippen molar-refractivity contribution in [1.82, 2.24) is 0 Å². The molecule has 0 fully saturated rings. The molecule has 110 valence electrons. The summed E-state index contributed by atoms with van der Waals surface area (Å²) in [6.07, 6.45) is 1.13. The molecule has 1 aromatic rings. The lowest BCUT2D eigenvalue weighted by Crippen LogP contribution is -2.15. The van der Waals surface area contributed by atoms with E-state index in [-0.39, 0.29) is 22.8 Å². The van der Waals surface area contributed by atoms with E-state index < -0.39 is 21.0 Å². The first-order valence-electron chi connectivity index (χ1n) is 6.10. The zero-order chi connectivity index (χ0) is 15.5. The Morgan fingerprint density at radius 2 is 1.60 bits per heavy atom. The number of carboxylic acids is 1. The first kappa shape index (κ1) is 16.3. The molecule has 0 saturated heterocycles. The van der Waals surface area contributed by atoms with Gasteiger partial charge in [0.05, 0.1) is 10.5 Å². The van der Waals surface area contributed by atoms with Crippen LogP contribution in [0.4, 0.5) is 0 Å².